The third kappa shape index (κ3) is 7.56. The summed E-state index contributed by atoms with van der Waals surface area (Å²) in [6.45, 7) is 15.1. The van der Waals surface area contributed by atoms with Crippen molar-refractivity contribution >= 4 is 23.3 Å². The molecule has 0 N–H and O–H groups in total. The zero-order chi connectivity index (χ0) is 23.1. The van der Waals surface area contributed by atoms with E-state index in [0.29, 0.717) is 23.4 Å². The largest absolute Gasteiger partial charge is 0.475 e. The van der Waals surface area contributed by atoms with Gasteiger partial charge in [0, 0.05) is 18.4 Å². The minimum absolute atomic E-state index is 0.114. The van der Waals surface area contributed by atoms with E-state index in [0.717, 1.165) is 37.2 Å². The fourth-order valence-electron chi connectivity index (χ4n) is 4.35. The molecule has 1 aliphatic rings. The lowest BCUT2D eigenvalue weighted by molar-refractivity contribution is -0.954. The van der Waals surface area contributed by atoms with E-state index in [-0.39, 0.29) is 23.5 Å². The molecular formula is C24H42N3O3S+. The van der Waals surface area contributed by atoms with E-state index in [1.54, 1.807) is 0 Å². The zero-order valence-electron chi connectivity index (χ0n) is 20.6. The number of quaternary nitrogens is 1. The Morgan fingerprint density at radius 1 is 1.23 bits per heavy atom. The molecular weight excluding hydrogens is 410 g/mol. The lowest BCUT2D eigenvalue weighted by Crippen LogP contribution is -2.61. The molecule has 7 heteroatoms. The van der Waals surface area contributed by atoms with Crippen molar-refractivity contribution in [2.75, 3.05) is 26.7 Å². The number of likely N-dealkylation sites (N-methyl/N-ethyl adjacent to an activating group) is 1. The second kappa shape index (κ2) is 11.4. The number of unbranched alkanes of at least 4 members (excludes halogenated alkanes) is 3. The lowest BCUT2D eigenvalue weighted by atomic mass is 9.89. The van der Waals surface area contributed by atoms with E-state index in [4.69, 9.17) is 9.47 Å². The fraction of sp³-hybridized carbons (Fsp3) is 0.792. The van der Waals surface area contributed by atoms with Gasteiger partial charge in [0.25, 0.3) is 5.88 Å². The van der Waals surface area contributed by atoms with Crippen LogP contribution in [-0.2, 0) is 9.53 Å². The standard InChI is InChI=1S/C24H42N3O3S/c1-8-9-10-11-15-29-22-21(25-31-26-22)19-13-12-14-27(7,17-19)23(24(4,5)6)30-20(28)16-18(2)3/h13,18,23H,8-12,14-17H2,1-7H3/q+1. The Balaban J connectivity index is 2.14. The highest BCUT2D eigenvalue weighted by atomic mass is 32.1. The lowest BCUT2D eigenvalue weighted by Gasteiger charge is -2.47. The molecule has 1 aromatic heterocycles. The van der Waals surface area contributed by atoms with E-state index in [1.165, 1.54) is 31.0 Å². The monoisotopic (exact) mass is 452 g/mol. The van der Waals surface area contributed by atoms with Gasteiger partial charge in [-0.15, -0.1) is 4.37 Å². The van der Waals surface area contributed by atoms with Gasteiger partial charge in [-0.25, -0.2) is 0 Å². The average molecular weight is 453 g/mol. The number of hydrogen-bond acceptors (Lipinski definition) is 6. The molecule has 0 radical (unpaired) electrons. The van der Waals surface area contributed by atoms with E-state index >= 15 is 0 Å². The number of aromatic nitrogens is 2. The maximum atomic E-state index is 12.6. The molecule has 0 aliphatic carbocycles. The van der Waals surface area contributed by atoms with Gasteiger partial charge in [-0.05, 0) is 12.3 Å². The minimum Gasteiger partial charge on any atom is -0.475 e. The van der Waals surface area contributed by atoms with Crippen molar-refractivity contribution in [3.8, 4) is 5.88 Å². The number of carbonyl (C=O) groups is 1. The minimum atomic E-state index is -0.229. The summed E-state index contributed by atoms with van der Waals surface area (Å²) < 4.78 is 21.7. The van der Waals surface area contributed by atoms with Crippen LogP contribution in [0, 0.1) is 11.3 Å². The Morgan fingerprint density at radius 3 is 2.61 bits per heavy atom. The molecule has 0 spiro atoms. The molecule has 2 heterocycles. The predicted octanol–water partition coefficient (Wildman–Crippen LogP) is 5.69. The molecule has 176 valence electrons. The Kier molecular flexibility index (Phi) is 9.49. The highest BCUT2D eigenvalue weighted by Crippen LogP contribution is 2.37. The van der Waals surface area contributed by atoms with Crippen LogP contribution in [0.25, 0.3) is 5.57 Å². The number of ether oxygens (including phenoxy) is 2. The number of nitrogens with zero attached hydrogens (tertiary/aromatic N) is 3. The van der Waals surface area contributed by atoms with Crippen molar-refractivity contribution in [3.05, 3.63) is 11.8 Å². The first-order chi connectivity index (χ1) is 14.6. The summed E-state index contributed by atoms with van der Waals surface area (Å²) in [5.74, 6) is 0.815. The van der Waals surface area contributed by atoms with Gasteiger partial charge in [0.2, 0.25) is 6.23 Å². The van der Waals surface area contributed by atoms with Crippen LogP contribution < -0.4 is 4.74 Å². The molecule has 2 atom stereocenters. The summed E-state index contributed by atoms with van der Waals surface area (Å²) in [5, 5.41) is 0. The van der Waals surface area contributed by atoms with Gasteiger partial charge in [-0.2, -0.15) is 4.37 Å². The van der Waals surface area contributed by atoms with Gasteiger partial charge in [0.05, 0.1) is 37.3 Å². The summed E-state index contributed by atoms with van der Waals surface area (Å²) in [7, 11) is 2.19. The Labute approximate surface area is 192 Å². The average Bonchev–Trinajstić information content (AvgIpc) is 3.13. The van der Waals surface area contributed by atoms with Crippen molar-refractivity contribution in [2.45, 2.75) is 86.3 Å². The Hall–Kier alpha value is -1.47. The van der Waals surface area contributed by atoms with Crippen LogP contribution in [0.1, 0.15) is 85.8 Å². The van der Waals surface area contributed by atoms with Crippen LogP contribution in [0.3, 0.4) is 0 Å². The molecule has 1 aliphatic heterocycles. The maximum absolute atomic E-state index is 12.6. The van der Waals surface area contributed by atoms with Crippen LogP contribution in [0.4, 0.5) is 0 Å². The third-order valence-corrected chi connectivity index (χ3v) is 6.20. The molecule has 0 saturated heterocycles. The van der Waals surface area contributed by atoms with E-state index in [1.807, 2.05) is 13.8 Å². The number of rotatable bonds is 11. The van der Waals surface area contributed by atoms with Crippen LogP contribution in [0.2, 0.25) is 0 Å². The van der Waals surface area contributed by atoms with E-state index < -0.39 is 0 Å². The van der Waals surface area contributed by atoms with Crippen LogP contribution in [0.15, 0.2) is 6.08 Å². The summed E-state index contributed by atoms with van der Waals surface area (Å²) in [6, 6.07) is 0. The van der Waals surface area contributed by atoms with Gasteiger partial charge >= 0.3 is 5.97 Å². The van der Waals surface area contributed by atoms with Gasteiger partial charge in [0.15, 0.2) is 0 Å². The fourth-order valence-corrected chi connectivity index (χ4v) is 4.88. The number of esters is 1. The molecule has 0 saturated carbocycles. The van der Waals surface area contributed by atoms with Crippen LogP contribution >= 0.6 is 11.7 Å². The molecule has 6 nitrogen and oxygen atoms in total. The molecule has 1 aromatic rings. The molecule has 0 fully saturated rings. The molecule has 0 aromatic carbocycles. The van der Waals surface area contributed by atoms with Crippen molar-refractivity contribution in [2.24, 2.45) is 11.3 Å². The Bertz CT molecular complexity index is 739. The highest BCUT2D eigenvalue weighted by Gasteiger charge is 2.46. The summed E-state index contributed by atoms with van der Waals surface area (Å²) >= 11 is 1.20. The number of hydrogen-bond donors (Lipinski definition) is 0. The third-order valence-electron chi connectivity index (χ3n) is 5.69. The normalized spacial score (nSPS) is 20.5. The number of carbonyl (C=O) groups excluding carboxylic acids is 1. The van der Waals surface area contributed by atoms with E-state index in [2.05, 4.69) is 49.6 Å². The molecule has 31 heavy (non-hydrogen) atoms. The van der Waals surface area contributed by atoms with Gasteiger partial charge in [0.1, 0.15) is 12.2 Å². The quantitative estimate of drug-likeness (QED) is 0.245. The van der Waals surface area contributed by atoms with Crippen molar-refractivity contribution in [3.63, 3.8) is 0 Å². The highest BCUT2D eigenvalue weighted by molar-refractivity contribution is 6.99. The van der Waals surface area contributed by atoms with Crippen LogP contribution in [0.5, 0.6) is 5.88 Å². The maximum Gasteiger partial charge on any atom is 0.310 e. The van der Waals surface area contributed by atoms with E-state index in [9.17, 15) is 4.79 Å². The summed E-state index contributed by atoms with van der Waals surface area (Å²) in [5.41, 5.74) is 1.81. The molecule has 2 unspecified atom stereocenters. The van der Waals surface area contributed by atoms with Crippen molar-refractivity contribution in [1.82, 2.24) is 8.75 Å². The first-order valence-electron chi connectivity index (χ1n) is 11.7. The summed E-state index contributed by atoms with van der Waals surface area (Å²) in [6.07, 6.45) is 8.03. The predicted molar refractivity (Wildman–Crippen MR) is 127 cm³/mol. The van der Waals surface area contributed by atoms with Crippen molar-refractivity contribution < 1.29 is 18.8 Å². The second-order valence-electron chi connectivity index (χ2n) is 10.5. The summed E-state index contributed by atoms with van der Waals surface area (Å²) in [4.78, 5) is 12.6. The first-order valence-corrected chi connectivity index (χ1v) is 12.5. The van der Waals surface area contributed by atoms with Gasteiger partial charge in [-0.3, -0.25) is 9.28 Å². The SMILES string of the molecule is CCCCCCOc1nsnc1C1=CCC[N+](C)(C(OC(=O)CC(C)C)C(C)(C)C)C1. The molecule has 2 rings (SSSR count). The molecule has 0 bridgehead atoms. The molecule has 0 amide bonds. The Morgan fingerprint density at radius 2 is 1.97 bits per heavy atom. The second-order valence-corrected chi connectivity index (χ2v) is 11.0. The van der Waals surface area contributed by atoms with Crippen molar-refractivity contribution in [1.29, 1.82) is 0 Å². The zero-order valence-corrected chi connectivity index (χ0v) is 21.4. The first kappa shape index (κ1) is 25.8. The topological polar surface area (TPSA) is 61.3 Å². The van der Waals surface area contributed by atoms with Gasteiger partial charge < -0.3 is 9.47 Å². The van der Waals surface area contributed by atoms with Gasteiger partial charge in [-0.1, -0.05) is 66.9 Å². The van der Waals surface area contributed by atoms with Crippen LogP contribution in [-0.4, -0.2) is 52.2 Å². The smallest absolute Gasteiger partial charge is 0.310 e.